The molecule has 1 fully saturated rings. The average molecular weight is 267 g/mol. The minimum atomic E-state index is -0.295. The topological polar surface area (TPSA) is 20.3 Å². The number of rotatable bonds is 4. The number of hydrogen-bond acceptors (Lipinski definition) is 3. The molecular weight excluding hydrogens is 249 g/mol. The monoisotopic (exact) mass is 267 g/mol. The summed E-state index contributed by atoms with van der Waals surface area (Å²) in [7, 11) is 0. The van der Waals surface area contributed by atoms with E-state index >= 15 is 0 Å². The van der Waals surface area contributed by atoms with Gasteiger partial charge >= 0.3 is 0 Å². The van der Waals surface area contributed by atoms with Crippen molar-refractivity contribution in [3.8, 4) is 0 Å². The Kier molecular flexibility index (Phi) is 5.20. The molecule has 98 valence electrons. The average Bonchev–Trinajstić information content (AvgIpc) is 2.65. The first kappa shape index (κ1) is 13.6. The Morgan fingerprint density at radius 2 is 2.00 bits per heavy atom. The lowest BCUT2D eigenvalue weighted by molar-refractivity contribution is 0.0966. The van der Waals surface area contributed by atoms with Crippen LogP contribution < -0.4 is 0 Å². The van der Waals surface area contributed by atoms with Crippen LogP contribution in [0, 0.1) is 5.82 Å². The molecule has 1 aliphatic heterocycles. The van der Waals surface area contributed by atoms with Gasteiger partial charge in [0.2, 0.25) is 0 Å². The quantitative estimate of drug-likeness (QED) is 0.782. The van der Waals surface area contributed by atoms with Gasteiger partial charge in [0, 0.05) is 30.8 Å². The Labute approximate surface area is 112 Å². The van der Waals surface area contributed by atoms with Crippen LogP contribution >= 0.6 is 11.8 Å². The molecule has 0 N–H and O–H groups in total. The molecule has 1 saturated heterocycles. The molecule has 1 aromatic rings. The summed E-state index contributed by atoms with van der Waals surface area (Å²) >= 11 is 1.98. The molecular formula is C14H18FNOS. The van der Waals surface area contributed by atoms with E-state index in [1.54, 1.807) is 12.1 Å². The Hall–Kier alpha value is -0.870. The minimum Gasteiger partial charge on any atom is -0.302 e. The maximum Gasteiger partial charge on any atom is 0.164 e. The van der Waals surface area contributed by atoms with E-state index in [4.69, 9.17) is 0 Å². The lowest BCUT2D eigenvalue weighted by Gasteiger charge is -2.18. The van der Waals surface area contributed by atoms with Crippen molar-refractivity contribution in [1.82, 2.24) is 4.90 Å². The van der Waals surface area contributed by atoms with Gasteiger partial charge in [0.1, 0.15) is 5.82 Å². The van der Waals surface area contributed by atoms with Gasteiger partial charge in [-0.15, -0.1) is 0 Å². The van der Waals surface area contributed by atoms with Crippen LogP contribution in [-0.2, 0) is 0 Å². The third-order valence-electron chi connectivity index (χ3n) is 3.14. The van der Waals surface area contributed by atoms with Crippen LogP contribution in [0.5, 0.6) is 0 Å². The number of Topliss-reactive ketones (excluding diaryl/α,β-unsaturated/α-hetero) is 1. The highest BCUT2D eigenvalue weighted by Crippen LogP contribution is 2.11. The zero-order chi connectivity index (χ0) is 12.8. The molecule has 0 saturated carbocycles. The lowest BCUT2D eigenvalue weighted by Crippen LogP contribution is -2.28. The SMILES string of the molecule is O=C(CCN1CCCSCC1)c1ccc(F)cc1. The highest BCUT2D eigenvalue weighted by molar-refractivity contribution is 7.99. The number of ketones is 1. The summed E-state index contributed by atoms with van der Waals surface area (Å²) in [6, 6.07) is 5.82. The fourth-order valence-corrected chi connectivity index (χ4v) is 2.99. The zero-order valence-electron chi connectivity index (χ0n) is 10.4. The van der Waals surface area contributed by atoms with Gasteiger partial charge in [-0.25, -0.2) is 4.39 Å². The molecule has 2 nitrogen and oxygen atoms in total. The van der Waals surface area contributed by atoms with Gasteiger partial charge in [-0.3, -0.25) is 4.79 Å². The molecule has 1 heterocycles. The third-order valence-corrected chi connectivity index (χ3v) is 4.18. The van der Waals surface area contributed by atoms with Gasteiger partial charge in [-0.1, -0.05) is 0 Å². The largest absolute Gasteiger partial charge is 0.302 e. The first-order chi connectivity index (χ1) is 8.75. The second-order valence-electron chi connectivity index (χ2n) is 4.49. The van der Waals surface area contributed by atoms with Crippen LogP contribution in [0.2, 0.25) is 0 Å². The van der Waals surface area contributed by atoms with E-state index in [0.717, 1.165) is 25.4 Å². The fraction of sp³-hybridized carbons (Fsp3) is 0.500. The molecule has 4 heteroatoms. The first-order valence-corrected chi connectivity index (χ1v) is 7.50. The van der Waals surface area contributed by atoms with Crippen molar-refractivity contribution < 1.29 is 9.18 Å². The molecule has 0 unspecified atom stereocenters. The third kappa shape index (κ3) is 4.10. The highest BCUT2D eigenvalue weighted by atomic mass is 32.2. The molecule has 0 spiro atoms. The second-order valence-corrected chi connectivity index (χ2v) is 5.71. The van der Waals surface area contributed by atoms with Gasteiger partial charge < -0.3 is 4.90 Å². The minimum absolute atomic E-state index is 0.104. The molecule has 1 aromatic carbocycles. The van der Waals surface area contributed by atoms with Crippen molar-refractivity contribution in [3.63, 3.8) is 0 Å². The van der Waals surface area contributed by atoms with Gasteiger partial charge in [0.25, 0.3) is 0 Å². The van der Waals surface area contributed by atoms with Crippen molar-refractivity contribution in [2.24, 2.45) is 0 Å². The molecule has 2 rings (SSSR count). The van der Waals surface area contributed by atoms with Crippen molar-refractivity contribution in [2.45, 2.75) is 12.8 Å². The summed E-state index contributed by atoms with van der Waals surface area (Å²) in [6.45, 7) is 2.97. The molecule has 0 aliphatic carbocycles. The van der Waals surface area contributed by atoms with E-state index < -0.39 is 0 Å². The van der Waals surface area contributed by atoms with Crippen molar-refractivity contribution in [1.29, 1.82) is 0 Å². The van der Waals surface area contributed by atoms with Gasteiger partial charge in [0.05, 0.1) is 0 Å². The number of carbonyl (C=O) groups excluding carboxylic acids is 1. The van der Waals surface area contributed by atoms with Crippen LogP contribution in [0.1, 0.15) is 23.2 Å². The summed E-state index contributed by atoms with van der Waals surface area (Å²) in [5.74, 6) is 2.19. The molecule has 0 atom stereocenters. The van der Waals surface area contributed by atoms with Crippen LogP contribution in [0.4, 0.5) is 4.39 Å². The summed E-state index contributed by atoms with van der Waals surface area (Å²) in [5.41, 5.74) is 0.612. The van der Waals surface area contributed by atoms with E-state index in [0.29, 0.717) is 12.0 Å². The van der Waals surface area contributed by atoms with E-state index in [-0.39, 0.29) is 11.6 Å². The van der Waals surface area contributed by atoms with Crippen molar-refractivity contribution in [2.75, 3.05) is 31.1 Å². The zero-order valence-corrected chi connectivity index (χ0v) is 11.2. The number of nitrogens with zero attached hydrogens (tertiary/aromatic N) is 1. The maximum atomic E-state index is 12.8. The van der Waals surface area contributed by atoms with Gasteiger partial charge in [-0.2, -0.15) is 11.8 Å². The summed E-state index contributed by atoms with van der Waals surface area (Å²) < 4.78 is 12.8. The predicted octanol–water partition coefficient (Wildman–Crippen LogP) is 2.84. The molecule has 18 heavy (non-hydrogen) atoms. The normalized spacial score (nSPS) is 17.4. The van der Waals surface area contributed by atoms with Crippen molar-refractivity contribution >= 4 is 17.5 Å². The number of hydrogen-bond donors (Lipinski definition) is 0. The molecule has 1 aliphatic rings. The summed E-state index contributed by atoms with van der Waals surface area (Å²) in [6.07, 6.45) is 1.73. The van der Waals surface area contributed by atoms with Crippen LogP contribution in [0.15, 0.2) is 24.3 Å². The van der Waals surface area contributed by atoms with Crippen LogP contribution in [0.25, 0.3) is 0 Å². The lowest BCUT2D eigenvalue weighted by atomic mass is 10.1. The second kappa shape index (κ2) is 6.90. The van der Waals surface area contributed by atoms with E-state index in [2.05, 4.69) is 4.90 Å². The van der Waals surface area contributed by atoms with Crippen LogP contribution in [-0.4, -0.2) is 41.8 Å². The number of halogens is 1. The van der Waals surface area contributed by atoms with Gasteiger partial charge in [-0.05, 0) is 43.0 Å². The Morgan fingerprint density at radius 3 is 2.78 bits per heavy atom. The molecule has 0 radical (unpaired) electrons. The summed E-state index contributed by atoms with van der Waals surface area (Å²) in [5, 5.41) is 0. The highest BCUT2D eigenvalue weighted by Gasteiger charge is 2.12. The number of benzene rings is 1. The maximum absolute atomic E-state index is 12.8. The smallest absolute Gasteiger partial charge is 0.164 e. The molecule has 0 amide bonds. The first-order valence-electron chi connectivity index (χ1n) is 6.34. The number of carbonyl (C=O) groups is 1. The Morgan fingerprint density at radius 1 is 1.22 bits per heavy atom. The van der Waals surface area contributed by atoms with E-state index in [9.17, 15) is 9.18 Å². The predicted molar refractivity (Wildman–Crippen MR) is 73.7 cm³/mol. The summed E-state index contributed by atoms with van der Waals surface area (Å²) in [4.78, 5) is 14.3. The Bertz CT molecular complexity index is 385. The Balaban J connectivity index is 1.82. The van der Waals surface area contributed by atoms with Gasteiger partial charge in [0.15, 0.2) is 5.78 Å². The van der Waals surface area contributed by atoms with Crippen LogP contribution in [0.3, 0.4) is 0 Å². The standard InChI is InChI=1S/C14H18FNOS/c15-13-4-2-12(3-5-13)14(17)6-8-16-7-1-10-18-11-9-16/h2-5H,1,6-11H2. The fourth-order valence-electron chi connectivity index (χ4n) is 2.06. The van der Waals surface area contributed by atoms with E-state index in [1.807, 2.05) is 11.8 Å². The molecule has 0 bridgehead atoms. The van der Waals surface area contributed by atoms with E-state index in [1.165, 1.54) is 24.3 Å². The number of thioether (sulfide) groups is 1. The van der Waals surface area contributed by atoms with Crippen molar-refractivity contribution in [3.05, 3.63) is 35.6 Å². The molecule has 0 aromatic heterocycles.